The van der Waals surface area contributed by atoms with Crippen LogP contribution in [0.5, 0.6) is 5.75 Å². The number of alkyl halides is 3. The molecule has 0 radical (unpaired) electrons. The summed E-state index contributed by atoms with van der Waals surface area (Å²) in [5.41, 5.74) is 0.737. The molecule has 0 bridgehead atoms. The molecule has 1 heterocycles. The van der Waals surface area contributed by atoms with Gasteiger partial charge in [-0.15, -0.1) is 13.2 Å². The smallest absolute Gasteiger partial charge is 0.405 e. The van der Waals surface area contributed by atoms with Gasteiger partial charge in [0.25, 0.3) is 0 Å². The van der Waals surface area contributed by atoms with Gasteiger partial charge < -0.3 is 10.1 Å². The molecule has 118 valence electrons. The van der Waals surface area contributed by atoms with E-state index in [9.17, 15) is 21.6 Å². The molecular weight excluding hydrogens is 375 g/mol. The Balaban J connectivity index is 1.95. The van der Waals surface area contributed by atoms with E-state index >= 15 is 0 Å². The summed E-state index contributed by atoms with van der Waals surface area (Å²) in [6, 6.07) is 4.12. The van der Waals surface area contributed by atoms with Gasteiger partial charge in [0.15, 0.2) is 9.84 Å². The summed E-state index contributed by atoms with van der Waals surface area (Å²) in [5, 5.41) is 3.09. The van der Waals surface area contributed by atoms with Crippen LogP contribution in [0.4, 0.5) is 13.2 Å². The zero-order chi connectivity index (χ0) is 15.7. The minimum absolute atomic E-state index is 0.101. The molecule has 0 amide bonds. The lowest BCUT2D eigenvalue weighted by Crippen LogP contribution is -2.29. The zero-order valence-corrected chi connectivity index (χ0v) is 13.2. The Morgan fingerprint density at radius 2 is 2.10 bits per heavy atom. The monoisotopic (exact) mass is 387 g/mol. The van der Waals surface area contributed by atoms with Crippen molar-refractivity contribution in [3.05, 3.63) is 28.2 Å². The highest BCUT2D eigenvalue weighted by Gasteiger charge is 2.32. The first kappa shape index (κ1) is 16.6. The molecule has 0 aromatic heterocycles. The van der Waals surface area contributed by atoms with Crippen LogP contribution in [-0.4, -0.2) is 32.3 Å². The molecule has 1 aliphatic heterocycles. The lowest BCUT2D eigenvalue weighted by Gasteiger charge is -2.13. The number of ether oxygens (including phenoxy) is 1. The van der Waals surface area contributed by atoms with E-state index < -0.39 is 16.2 Å². The summed E-state index contributed by atoms with van der Waals surface area (Å²) in [5.74, 6) is -0.0365. The molecule has 1 aromatic rings. The fraction of sp³-hybridized carbons (Fsp3) is 0.500. The Labute approximate surface area is 128 Å². The number of benzene rings is 1. The van der Waals surface area contributed by atoms with Crippen LogP contribution in [0.2, 0.25) is 0 Å². The van der Waals surface area contributed by atoms with E-state index in [0.29, 0.717) is 13.0 Å². The maximum absolute atomic E-state index is 12.1. The molecule has 21 heavy (non-hydrogen) atoms. The molecule has 2 rings (SSSR count). The second-order valence-electron chi connectivity index (χ2n) is 4.79. The second-order valence-corrected chi connectivity index (χ2v) is 7.88. The molecule has 4 nitrogen and oxygen atoms in total. The molecule has 0 spiro atoms. The average molecular weight is 388 g/mol. The second kappa shape index (κ2) is 6.13. The maximum Gasteiger partial charge on any atom is 0.573 e. The quantitative estimate of drug-likeness (QED) is 0.862. The Bertz CT molecular complexity index is 619. The number of nitrogens with one attached hydrogen (secondary N) is 1. The van der Waals surface area contributed by atoms with Crippen molar-refractivity contribution in [2.45, 2.75) is 25.4 Å². The normalized spacial score (nSPS) is 21.4. The third kappa shape index (κ3) is 5.15. The van der Waals surface area contributed by atoms with Crippen LogP contribution >= 0.6 is 15.9 Å². The van der Waals surface area contributed by atoms with Crippen LogP contribution in [0.25, 0.3) is 0 Å². The summed E-state index contributed by atoms with van der Waals surface area (Å²) in [7, 11) is -2.95. The van der Waals surface area contributed by atoms with Gasteiger partial charge >= 0.3 is 6.36 Å². The first-order valence-corrected chi connectivity index (χ1v) is 8.74. The van der Waals surface area contributed by atoms with Gasteiger partial charge in [0.1, 0.15) is 5.75 Å². The van der Waals surface area contributed by atoms with E-state index in [1.807, 2.05) is 0 Å². The van der Waals surface area contributed by atoms with Gasteiger partial charge in [-0.3, -0.25) is 0 Å². The van der Waals surface area contributed by atoms with Gasteiger partial charge in [0.05, 0.1) is 16.0 Å². The largest absolute Gasteiger partial charge is 0.573 e. The van der Waals surface area contributed by atoms with Crippen molar-refractivity contribution < 1.29 is 26.3 Å². The van der Waals surface area contributed by atoms with Crippen molar-refractivity contribution in [3.8, 4) is 5.75 Å². The molecule has 1 unspecified atom stereocenters. The van der Waals surface area contributed by atoms with Gasteiger partial charge in [-0.1, -0.05) is 6.07 Å². The number of halogens is 4. The molecule has 1 fully saturated rings. The van der Waals surface area contributed by atoms with E-state index in [1.54, 1.807) is 0 Å². The number of hydrogen-bond donors (Lipinski definition) is 1. The molecular formula is C12H13BrF3NO3S. The van der Waals surface area contributed by atoms with Gasteiger partial charge in [-0.25, -0.2) is 8.42 Å². The number of sulfone groups is 1. The number of hydrogen-bond acceptors (Lipinski definition) is 4. The van der Waals surface area contributed by atoms with Crippen LogP contribution in [0, 0.1) is 0 Å². The van der Waals surface area contributed by atoms with Crippen LogP contribution in [0.1, 0.15) is 12.0 Å². The first-order chi connectivity index (χ1) is 9.65. The highest BCUT2D eigenvalue weighted by Crippen LogP contribution is 2.31. The third-order valence-electron chi connectivity index (χ3n) is 3.05. The van der Waals surface area contributed by atoms with Crippen molar-refractivity contribution in [1.29, 1.82) is 0 Å². The highest BCUT2D eigenvalue weighted by molar-refractivity contribution is 9.10. The summed E-state index contributed by atoms with van der Waals surface area (Å²) in [6.07, 6.45) is -4.18. The Morgan fingerprint density at radius 1 is 1.38 bits per heavy atom. The van der Waals surface area contributed by atoms with Gasteiger partial charge in [0.2, 0.25) is 0 Å². The minimum atomic E-state index is -4.74. The Morgan fingerprint density at radius 3 is 2.62 bits per heavy atom. The van der Waals surface area contributed by atoms with Crippen LogP contribution in [0.3, 0.4) is 0 Å². The van der Waals surface area contributed by atoms with Crippen LogP contribution in [-0.2, 0) is 16.4 Å². The maximum atomic E-state index is 12.1. The van der Waals surface area contributed by atoms with E-state index in [2.05, 4.69) is 26.0 Å². The van der Waals surface area contributed by atoms with Crippen LogP contribution in [0.15, 0.2) is 22.7 Å². The Kier molecular flexibility index (Phi) is 4.84. The predicted molar refractivity (Wildman–Crippen MR) is 74.7 cm³/mol. The summed E-state index contributed by atoms with van der Waals surface area (Å²) < 4.78 is 63.1. The topological polar surface area (TPSA) is 55.4 Å². The highest BCUT2D eigenvalue weighted by atomic mass is 79.9. The summed E-state index contributed by atoms with van der Waals surface area (Å²) in [6.45, 7) is 0.380. The molecule has 0 aliphatic carbocycles. The lowest BCUT2D eigenvalue weighted by atomic mass is 10.2. The van der Waals surface area contributed by atoms with E-state index in [-0.39, 0.29) is 27.8 Å². The van der Waals surface area contributed by atoms with Crippen molar-refractivity contribution in [2.24, 2.45) is 0 Å². The molecule has 1 N–H and O–H groups in total. The molecule has 9 heteroatoms. The number of rotatable bonds is 4. The van der Waals surface area contributed by atoms with Gasteiger partial charge in [-0.2, -0.15) is 0 Å². The van der Waals surface area contributed by atoms with E-state index in [0.717, 1.165) is 5.56 Å². The summed E-state index contributed by atoms with van der Waals surface area (Å²) >= 11 is 3.02. The van der Waals surface area contributed by atoms with Gasteiger partial charge in [-0.05, 0) is 40.0 Å². The fourth-order valence-corrected chi connectivity index (χ4v) is 4.29. The standard InChI is InChI=1S/C12H13BrF3NO3S/c13-10-5-8(1-2-11(10)20-12(14,15)16)6-17-9-3-4-21(18,19)7-9/h1-2,5,9,17H,3-4,6-7H2. The predicted octanol–water partition coefficient (Wildman–Crippen LogP) is 2.62. The molecule has 0 saturated carbocycles. The molecule has 1 saturated heterocycles. The fourth-order valence-electron chi connectivity index (χ4n) is 2.08. The molecule has 1 atom stereocenters. The van der Waals surface area contributed by atoms with E-state index in [4.69, 9.17) is 0 Å². The third-order valence-corrected chi connectivity index (χ3v) is 5.44. The lowest BCUT2D eigenvalue weighted by molar-refractivity contribution is -0.274. The molecule has 1 aromatic carbocycles. The van der Waals surface area contributed by atoms with Crippen molar-refractivity contribution in [3.63, 3.8) is 0 Å². The van der Waals surface area contributed by atoms with Crippen molar-refractivity contribution in [2.75, 3.05) is 11.5 Å². The van der Waals surface area contributed by atoms with Crippen molar-refractivity contribution in [1.82, 2.24) is 5.32 Å². The Hall–Kier alpha value is -0.800. The van der Waals surface area contributed by atoms with Gasteiger partial charge in [0, 0.05) is 12.6 Å². The average Bonchev–Trinajstić information content (AvgIpc) is 2.68. The van der Waals surface area contributed by atoms with Crippen LogP contribution < -0.4 is 10.1 Å². The zero-order valence-electron chi connectivity index (χ0n) is 10.8. The SMILES string of the molecule is O=S1(=O)CCC(NCc2ccc(OC(F)(F)F)c(Br)c2)C1. The summed E-state index contributed by atoms with van der Waals surface area (Å²) in [4.78, 5) is 0. The first-order valence-electron chi connectivity index (χ1n) is 6.13. The van der Waals surface area contributed by atoms with Crippen molar-refractivity contribution >= 4 is 25.8 Å². The molecule has 1 aliphatic rings. The minimum Gasteiger partial charge on any atom is -0.405 e. The van der Waals surface area contributed by atoms with E-state index in [1.165, 1.54) is 18.2 Å².